The van der Waals surface area contributed by atoms with E-state index in [1.807, 2.05) is 5.32 Å². The lowest BCUT2D eigenvalue weighted by Crippen LogP contribution is -2.66. The number of carbonyl (C=O) groups is 2. The highest BCUT2D eigenvalue weighted by molar-refractivity contribution is 14.1. The van der Waals surface area contributed by atoms with Crippen LogP contribution in [0.15, 0.2) is 0 Å². The average Bonchev–Trinajstić information content (AvgIpc) is 2.54. The van der Waals surface area contributed by atoms with Gasteiger partial charge < -0.3 is 14.8 Å². The fraction of sp³-hybridized carbons (Fsp3) is 0.867. The molecule has 0 bridgehead atoms. The lowest BCUT2D eigenvalue weighted by molar-refractivity contribution is -0.439. The number of esters is 1. The average molecular weight is 651 g/mol. The molecule has 0 heterocycles. The van der Waals surface area contributed by atoms with E-state index in [0.717, 1.165) is 7.11 Å². The summed E-state index contributed by atoms with van der Waals surface area (Å²) in [4.78, 5) is 23.9. The maximum absolute atomic E-state index is 13.9. The van der Waals surface area contributed by atoms with Crippen LogP contribution in [0.25, 0.3) is 0 Å². The molecule has 19 heteroatoms. The molecular weight excluding hydrogens is 633 g/mol. The van der Waals surface area contributed by atoms with Gasteiger partial charge in [-0.2, -0.15) is 43.5 Å². The molecule has 0 radical (unpaired) electrons. The van der Waals surface area contributed by atoms with Crippen molar-refractivity contribution in [2.75, 3.05) is 7.11 Å². The highest BCUT2D eigenvalue weighted by atomic mass is 127. The standard InChI is InChI=1S/C15H18F8INO8S/c1-10(2,3)31-9(27)25-11(8(26)30-4)5-7(6-11)32-34(28,29)15(22,23)14(20,21)33-13(18,19)12(16,17)24/h7H,5-6H2,1-4H3,(H,25,27)/t7-,11+. The minimum absolute atomic E-state index is 0.382. The minimum atomic E-state index is -6.82. The van der Waals surface area contributed by atoms with E-state index in [0.29, 0.717) is 0 Å². The fourth-order valence-electron chi connectivity index (χ4n) is 2.46. The molecule has 0 aromatic heterocycles. The Morgan fingerprint density at radius 3 is 1.82 bits per heavy atom. The molecular formula is C15H18F8INO8S. The summed E-state index contributed by atoms with van der Waals surface area (Å²) in [5.41, 5.74) is -3.13. The molecule has 1 saturated carbocycles. The van der Waals surface area contributed by atoms with Crippen LogP contribution in [0.4, 0.5) is 39.9 Å². The molecule has 1 aliphatic rings. The number of hydrogen-bond donors (Lipinski definition) is 1. The Balaban J connectivity index is 3.04. The van der Waals surface area contributed by atoms with Crippen molar-refractivity contribution in [3.63, 3.8) is 0 Å². The Kier molecular flexibility index (Phi) is 8.46. The van der Waals surface area contributed by atoms with Crippen molar-refractivity contribution in [3.8, 4) is 0 Å². The van der Waals surface area contributed by atoms with Gasteiger partial charge in [0.1, 0.15) is 11.1 Å². The summed E-state index contributed by atoms with van der Waals surface area (Å²) in [6.45, 7) is 4.33. The van der Waals surface area contributed by atoms with Gasteiger partial charge in [-0.25, -0.2) is 14.3 Å². The largest absolute Gasteiger partial charge is 0.467 e. The quantitative estimate of drug-likeness (QED) is 0.132. The normalized spacial score (nSPS) is 22.6. The van der Waals surface area contributed by atoms with E-state index in [-0.39, 0.29) is 22.6 Å². The van der Waals surface area contributed by atoms with Crippen LogP contribution in [-0.2, 0) is 33.3 Å². The lowest BCUT2D eigenvalue weighted by Gasteiger charge is -2.44. The zero-order valence-electron chi connectivity index (χ0n) is 17.6. The number of amides is 1. The fourth-order valence-corrected chi connectivity index (χ4v) is 3.52. The van der Waals surface area contributed by atoms with E-state index in [1.165, 1.54) is 20.8 Å². The third-order valence-electron chi connectivity index (χ3n) is 3.97. The molecule has 1 N–H and O–H groups in total. The molecule has 1 amide bonds. The summed E-state index contributed by atoms with van der Waals surface area (Å²) in [5.74, 6) is -1.21. The summed E-state index contributed by atoms with van der Waals surface area (Å²) < 4.78 is 140. The number of rotatable bonds is 9. The van der Waals surface area contributed by atoms with E-state index in [9.17, 15) is 53.1 Å². The molecule has 1 rings (SSSR count). The number of nitrogens with one attached hydrogen (secondary N) is 1. The van der Waals surface area contributed by atoms with Crippen LogP contribution in [0.2, 0.25) is 0 Å². The van der Waals surface area contributed by atoms with Crippen LogP contribution in [-0.4, -0.2) is 66.2 Å². The van der Waals surface area contributed by atoms with Crippen molar-refractivity contribution in [1.29, 1.82) is 0 Å². The van der Waals surface area contributed by atoms with Crippen molar-refractivity contribution in [2.45, 2.75) is 72.3 Å². The number of ether oxygens (including phenoxy) is 3. The van der Waals surface area contributed by atoms with Gasteiger partial charge in [-0.3, -0.25) is 4.18 Å². The first-order chi connectivity index (χ1) is 14.8. The second-order valence-electron chi connectivity index (χ2n) is 7.93. The van der Waals surface area contributed by atoms with Gasteiger partial charge in [-0.1, -0.05) is 0 Å². The van der Waals surface area contributed by atoms with Crippen LogP contribution in [0.5, 0.6) is 0 Å². The van der Waals surface area contributed by atoms with Gasteiger partial charge >= 0.3 is 43.6 Å². The number of alkyl halides is 9. The zero-order chi connectivity index (χ0) is 27.2. The van der Waals surface area contributed by atoms with Crippen molar-refractivity contribution >= 4 is 44.8 Å². The summed E-state index contributed by atoms with van der Waals surface area (Å²) in [6.07, 6.45) is -17.9. The minimum Gasteiger partial charge on any atom is -0.467 e. The van der Waals surface area contributed by atoms with E-state index >= 15 is 0 Å². The van der Waals surface area contributed by atoms with Crippen LogP contribution in [0, 0.1) is 0 Å². The summed E-state index contributed by atoms with van der Waals surface area (Å²) >= 11 is -0.382. The molecule has 1 fully saturated rings. The second kappa shape index (κ2) is 9.34. The third kappa shape index (κ3) is 6.50. The van der Waals surface area contributed by atoms with Crippen molar-refractivity contribution < 1.29 is 71.5 Å². The number of alkyl carbamates (subject to hydrolysis) is 1. The molecule has 34 heavy (non-hydrogen) atoms. The van der Waals surface area contributed by atoms with Gasteiger partial charge in [0.25, 0.3) is 0 Å². The Hall–Kier alpha value is -1.22. The molecule has 0 spiro atoms. The maximum Gasteiger partial charge on any atom is 0.460 e. The molecule has 0 unspecified atom stereocenters. The van der Waals surface area contributed by atoms with Gasteiger partial charge in [0.2, 0.25) is 0 Å². The number of methoxy groups -OCH3 is 1. The first-order valence-corrected chi connectivity index (χ1v) is 11.2. The molecule has 1 aliphatic carbocycles. The topological polar surface area (TPSA) is 117 Å². The second-order valence-corrected chi connectivity index (χ2v) is 10.9. The number of halogens is 9. The predicted molar refractivity (Wildman–Crippen MR) is 102 cm³/mol. The smallest absolute Gasteiger partial charge is 0.460 e. The Morgan fingerprint density at radius 1 is 0.971 bits per heavy atom. The maximum atomic E-state index is 13.9. The van der Waals surface area contributed by atoms with E-state index in [1.54, 1.807) is 0 Å². The summed E-state index contributed by atoms with van der Waals surface area (Å²) in [7, 11) is -5.97. The molecule has 0 saturated heterocycles. The van der Waals surface area contributed by atoms with Crippen LogP contribution in [0.3, 0.4) is 0 Å². The number of carbonyl (C=O) groups excluding carboxylic acids is 2. The van der Waals surface area contributed by atoms with E-state index < -0.39 is 73.7 Å². The molecule has 0 atom stereocenters. The van der Waals surface area contributed by atoms with Crippen molar-refractivity contribution in [1.82, 2.24) is 5.32 Å². The van der Waals surface area contributed by atoms with Crippen molar-refractivity contribution in [2.24, 2.45) is 0 Å². The SMILES string of the molecule is COC(=O)[C@]1(NC(=O)OC(C)(C)C)C[C@@H](OS(=O)(=O)C(F)(F)C(F)(F)OC(F)(F)C(F)(F)I)C1. The van der Waals surface area contributed by atoms with Crippen LogP contribution >= 0.6 is 22.6 Å². The summed E-state index contributed by atoms with van der Waals surface area (Å²) in [5, 5.41) is -4.56. The van der Waals surface area contributed by atoms with Gasteiger partial charge in [0, 0.05) is 35.4 Å². The zero-order valence-corrected chi connectivity index (χ0v) is 20.5. The Morgan fingerprint density at radius 2 is 1.44 bits per heavy atom. The third-order valence-corrected chi connectivity index (χ3v) is 5.99. The van der Waals surface area contributed by atoms with Gasteiger partial charge in [0.15, 0.2) is 0 Å². The van der Waals surface area contributed by atoms with Gasteiger partial charge in [-0.15, -0.1) is 0 Å². The molecule has 0 aromatic carbocycles. The van der Waals surface area contributed by atoms with Gasteiger partial charge in [0.05, 0.1) is 13.2 Å². The van der Waals surface area contributed by atoms with E-state index in [4.69, 9.17) is 4.74 Å². The first-order valence-electron chi connectivity index (χ1n) is 8.75. The highest BCUT2D eigenvalue weighted by Crippen LogP contribution is 2.50. The molecule has 9 nitrogen and oxygen atoms in total. The summed E-state index contributed by atoms with van der Waals surface area (Å²) in [6, 6.07) is 0. The Bertz CT molecular complexity index is 897. The van der Waals surface area contributed by atoms with E-state index in [2.05, 4.69) is 13.7 Å². The molecule has 0 aromatic rings. The number of hydrogen-bond acceptors (Lipinski definition) is 8. The molecule has 0 aliphatic heterocycles. The Labute approximate surface area is 201 Å². The first kappa shape index (κ1) is 30.8. The lowest BCUT2D eigenvalue weighted by atomic mass is 9.74. The van der Waals surface area contributed by atoms with Gasteiger partial charge in [-0.05, 0) is 20.8 Å². The predicted octanol–water partition coefficient (Wildman–Crippen LogP) is 3.75. The molecule has 200 valence electrons. The van der Waals surface area contributed by atoms with Crippen molar-refractivity contribution in [3.05, 3.63) is 0 Å². The van der Waals surface area contributed by atoms with Crippen LogP contribution in [0.1, 0.15) is 33.6 Å². The highest BCUT2D eigenvalue weighted by Gasteiger charge is 2.75. The monoisotopic (exact) mass is 651 g/mol. The van der Waals surface area contributed by atoms with Crippen LogP contribution < -0.4 is 5.32 Å².